The van der Waals surface area contributed by atoms with Gasteiger partial charge in [0.05, 0.1) is 13.1 Å². The monoisotopic (exact) mass is 355 g/mol. The first kappa shape index (κ1) is 17.7. The molecule has 0 aliphatic carbocycles. The summed E-state index contributed by atoms with van der Waals surface area (Å²) in [6, 6.07) is 18.0. The zero-order valence-corrected chi connectivity index (χ0v) is 15.2. The molecule has 0 fully saturated rings. The Balaban J connectivity index is 1.55. The van der Waals surface area contributed by atoms with Crippen molar-refractivity contribution >= 4 is 23.1 Å². The summed E-state index contributed by atoms with van der Waals surface area (Å²) in [5.41, 5.74) is 3.62. The number of rotatable bonds is 5. The van der Waals surface area contributed by atoms with Crippen LogP contribution in [0.4, 0.5) is 0 Å². The van der Waals surface area contributed by atoms with Crippen LogP contribution < -0.4 is 10.2 Å². The molecule has 25 heavy (non-hydrogen) atoms. The summed E-state index contributed by atoms with van der Waals surface area (Å²) in [5, 5.41) is 3.71. The summed E-state index contributed by atoms with van der Waals surface area (Å²) in [5.74, 6) is 0.0754. The maximum Gasteiger partial charge on any atom is 0.278 e. The molecule has 1 aliphatic rings. The minimum absolute atomic E-state index is 0.0731. The smallest absolute Gasteiger partial charge is 0.278 e. The molecular weight excluding hydrogens is 332 g/mol. The van der Waals surface area contributed by atoms with Gasteiger partial charge in [-0.15, -0.1) is 0 Å². The Hall–Kier alpha value is -2.10. The zero-order chi connectivity index (χ0) is 17.6. The maximum atomic E-state index is 12.5. The van der Waals surface area contributed by atoms with Crippen LogP contribution in [0.1, 0.15) is 24.5 Å². The molecule has 3 rings (SSSR count). The quantitative estimate of drug-likeness (QED) is 0.849. The fraction of sp³-hybridized carbons (Fsp3) is 0.286. The topological polar surface area (TPSA) is 33.5 Å². The molecule has 1 heterocycles. The van der Waals surface area contributed by atoms with Gasteiger partial charge >= 0.3 is 0 Å². The lowest BCUT2D eigenvalue weighted by atomic mass is 9.99. The summed E-state index contributed by atoms with van der Waals surface area (Å²) in [4.78, 5) is 13.8. The van der Waals surface area contributed by atoms with E-state index >= 15 is 0 Å². The molecule has 2 aromatic rings. The zero-order valence-electron chi connectivity index (χ0n) is 14.5. The lowest BCUT2D eigenvalue weighted by Gasteiger charge is -2.28. The molecule has 0 saturated heterocycles. The van der Waals surface area contributed by atoms with Crippen LogP contribution in [0, 0.1) is 0 Å². The molecule has 2 N–H and O–H groups in total. The molecule has 2 atom stereocenters. The van der Waals surface area contributed by atoms with Crippen molar-refractivity contribution in [3.05, 3.63) is 76.8 Å². The highest BCUT2D eigenvalue weighted by atomic mass is 35.5. The van der Waals surface area contributed by atoms with Crippen LogP contribution in [0.2, 0.25) is 5.02 Å². The van der Waals surface area contributed by atoms with Gasteiger partial charge in [0, 0.05) is 18.0 Å². The van der Waals surface area contributed by atoms with Crippen molar-refractivity contribution in [3.63, 3.8) is 0 Å². The first-order valence-electron chi connectivity index (χ1n) is 8.75. The number of nitrogens with one attached hydrogen (secondary N) is 2. The summed E-state index contributed by atoms with van der Waals surface area (Å²) >= 11 is 6.15. The minimum Gasteiger partial charge on any atom is -0.347 e. The summed E-state index contributed by atoms with van der Waals surface area (Å²) in [7, 11) is 0. The molecule has 2 aromatic carbocycles. The SMILES string of the molecule is C[C@@H](C(=O)NCc1ccccc1Cl)[NH+]1CC=C(c2ccccc2)CC1. The number of carbonyl (C=O) groups excluding carboxylic acids is 1. The van der Waals surface area contributed by atoms with Crippen molar-refractivity contribution < 1.29 is 9.69 Å². The van der Waals surface area contributed by atoms with Gasteiger partial charge in [-0.1, -0.05) is 60.1 Å². The van der Waals surface area contributed by atoms with E-state index in [-0.39, 0.29) is 11.9 Å². The molecule has 0 spiro atoms. The lowest BCUT2D eigenvalue weighted by Crippen LogP contribution is -3.17. The molecule has 1 aliphatic heterocycles. The van der Waals surface area contributed by atoms with E-state index in [1.54, 1.807) is 0 Å². The van der Waals surface area contributed by atoms with E-state index in [4.69, 9.17) is 11.6 Å². The van der Waals surface area contributed by atoms with Crippen LogP contribution in [0.5, 0.6) is 0 Å². The van der Waals surface area contributed by atoms with E-state index < -0.39 is 0 Å². The predicted octanol–water partition coefficient (Wildman–Crippen LogP) is 2.72. The number of amides is 1. The third-order valence-corrected chi connectivity index (χ3v) is 5.26. The molecule has 130 valence electrons. The molecular formula is C21H24ClN2O+. The van der Waals surface area contributed by atoms with Crippen molar-refractivity contribution in [2.24, 2.45) is 0 Å². The van der Waals surface area contributed by atoms with E-state index in [0.717, 1.165) is 25.1 Å². The molecule has 0 aromatic heterocycles. The van der Waals surface area contributed by atoms with Gasteiger partial charge in [-0.2, -0.15) is 0 Å². The highest BCUT2D eigenvalue weighted by Gasteiger charge is 2.26. The molecule has 3 nitrogen and oxygen atoms in total. The van der Waals surface area contributed by atoms with Crippen LogP contribution in [0.3, 0.4) is 0 Å². The third-order valence-electron chi connectivity index (χ3n) is 4.89. The van der Waals surface area contributed by atoms with E-state index in [9.17, 15) is 4.79 Å². The van der Waals surface area contributed by atoms with Crippen molar-refractivity contribution in [2.75, 3.05) is 13.1 Å². The highest BCUT2D eigenvalue weighted by Crippen LogP contribution is 2.18. The number of hydrogen-bond acceptors (Lipinski definition) is 1. The predicted molar refractivity (Wildman–Crippen MR) is 102 cm³/mol. The van der Waals surface area contributed by atoms with E-state index in [0.29, 0.717) is 11.6 Å². The molecule has 0 bridgehead atoms. The van der Waals surface area contributed by atoms with Gasteiger partial charge in [-0.25, -0.2) is 0 Å². The number of carbonyl (C=O) groups is 1. The molecule has 1 amide bonds. The van der Waals surface area contributed by atoms with Crippen LogP contribution in [0.15, 0.2) is 60.7 Å². The van der Waals surface area contributed by atoms with Crippen LogP contribution in [-0.4, -0.2) is 25.0 Å². The standard InChI is InChI=1S/C21H23ClN2O/c1-16(21(25)23-15-19-9-5-6-10-20(19)22)24-13-11-18(12-14-24)17-7-3-2-4-8-17/h2-11,16H,12-15H2,1H3,(H,23,25)/p+1/t16-/m0/s1. The molecule has 0 saturated carbocycles. The summed E-state index contributed by atoms with van der Waals surface area (Å²) in [6.45, 7) is 4.33. The second-order valence-corrected chi connectivity index (χ2v) is 6.90. The Morgan fingerprint density at radius 2 is 1.88 bits per heavy atom. The Kier molecular flexibility index (Phi) is 5.90. The third kappa shape index (κ3) is 4.50. The van der Waals surface area contributed by atoms with E-state index in [1.807, 2.05) is 37.3 Å². The fourth-order valence-electron chi connectivity index (χ4n) is 3.22. The largest absolute Gasteiger partial charge is 0.347 e. The minimum atomic E-state index is -0.0731. The van der Waals surface area contributed by atoms with Gasteiger partial charge in [0.15, 0.2) is 6.04 Å². The number of hydrogen-bond donors (Lipinski definition) is 2. The number of halogens is 1. The fourth-order valence-corrected chi connectivity index (χ4v) is 3.43. The van der Waals surface area contributed by atoms with E-state index in [1.165, 1.54) is 16.0 Å². The summed E-state index contributed by atoms with van der Waals surface area (Å²) < 4.78 is 0. The Labute approximate surface area is 154 Å². The normalized spacial score (nSPS) is 18.3. The highest BCUT2D eigenvalue weighted by molar-refractivity contribution is 6.31. The van der Waals surface area contributed by atoms with Gasteiger partial charge in [-0.3, -0.25) is 4.79 Å². The Morgan fingerprint density at radius 1 is 1.16 bits per heavy atom. The van der Waals surface area contributed by atoms with Gasteiger partial charge in [0.1, 0.15) is 0 Å². The first-order chi connectivity index (χ1) is 12.1. The van der Waals surface area contributed by atoms with Crippen LogP contribution in [0.25, 0.3) is 5.57 Å². The van der Waals surface area contributed by atoms with Gasteiger partial charge in [0.25, 0.3) is 5.91 Å². The van der Waals surface area contributed by atoms with Crippen molar-refractivity contribution in [2.45, 2.75) is 25.9 Å². The Bertz CT molecular complexity index is 758. The van der Waals surface area contributed by atoms with Crippen molar-refractivity contribution in [1.29, 1.82) is 0 Å². The van der Waals surface area contributed by atoms with Crippen LogP contribution in [-0.2, 0) is 11.3 Å². The van der Waals surface area contributed by atoms with Gasteiger partial charge < -0.3 is 10.2 Å². The van der Waals surface area contributed by atoms with Crippen LogP contribution >= 0.6 is 11.6 Å². The Morgan fingerprint density at radius 3 is 2.56 bits per heavy atom. The second-order valence-electron chi connectivity index (χ2n) is 6.49. The van der Waals surface area contributed by atoms with Crippen molar-refractivity contribution in [1.82, 2.24) is 5.32 Å². The second kappa shape index (κ2) is 8.32. The van der Waals surface area contributed by atoms with Gasteiger partial charge in [0.2, 0.25) is 0 Å². The average molecular weight is 356 g/mol. The molecule has 4 heteroatoms. The van der Waals surface area contributed by atoms with Gasteiger partial charge in [-0.05, 0) is 35.8 Å². The average Bonchev–Trinajstić information content (AvgIpc) is 2.67. The van der Waals surface area contributed by atoms with Crippen molar-refractivity contribution in [3.8, 4) is 0 Å². The lowest BCUT2D eigenvalue weighted by molar-refractivity contribution is -0.909. The number of benzene rings is 2. The molecule has 0 radical (unpaired) electrons. The number of quaternary nitrogens is 1. The summed E-state index contributed by atoms with van der Waals surface area (Å²) in [6.07, 6.45) is 3.27. The molecule has 1 unspecified atom stereocenters. The first-order valence-corrected chi connectivity index (χ1v) is 9.13. The van der Waals surface area contributed by atoms with E-state index in [2.05, 4.69) is 35.7 Å². The maximum absolute atomic E-state index is 12.5.